The quantitative estimate of drug-likeness (QED) is 0.275. The molecule has 1 N–H and O–H groups in total. The van der Waals surface area contributed by atoms with Crippen LogP contribution in [0.3, 0.4) is 0 Å². The molecule has 0 radical (unpaired) electrons. The molecular weight excluding hydrogens is 394 g/mol. The number of fused-ring (bicyclic) bond motifs is 1. The van der Waals surface area contributed by atoms with E-state index in [4.69, 9.17) is 4.42 Å². The largest absolute Gasteiger partial charge is 0.417 e. The zero-order valence-electron chi connectivity index (χ0n) is 19.0. The van der Waals surface area contributed by atoms with E-state index < -0.39 is 0 Å². The molecule has 164 valence electrons. The molecule has 0 amide bonds. The molecule has 32 heavy (non-hydrogen) atoms. The van der Waals surface area contributed by atoms with Gasteiger partial charge in [-0.1, -0.05) is 87.4 Å². The average molecular weight is 426 g/mol. The van der Waals surface area contributed by atoms with Crippen LogP contribution in [0.1, 0.15) is 56.5 Å². The van der Waals surface area contributed by atoms with E-state index in [1.807, 2.05) is 12.1 Å². The van der Waals surface area contributed by atoms with Crippen LogP contribution >= 0.6 is 0 Å². The SMILES string of the molecule is CCCCNCc1ccc(-c2nnc(/C=C(\CCC)c3ccccc3)o2)c2ccccc12. The standard InChI is InChI=1S/C28H31N3O/c1-3-5-18-29-20-23-16-17-26(25-15-10-9-14-24(23)25)28-31-30-27(32-28)19-22(11-4-2)21-12-7-6-8-13-21/h6-10,12-17,19,29H,3-5,11,18,20H2,1-2H3/b22-19+. The fourth-order valence-corrected chi connectivity index (χ4v) is 4.00. The monoisotopic (exact) mass is 425 g/mol. The number of rotatable bonds is 10. The number of hydrogen-bond donors (Lipinski definition) is 1. The summed E-state index contributed by atoms with van der Waals surface area (Å²) in [4.78, 5) is 0. The molecule has 0 saturated carbocycles. The number of benzene rings is 3. The molecule has 0 saturated heterocycles. The molecule has 1 heterocycles. The van der Waals surface area contributed by atoms with E-state index in [2.05, 4.69) is 90.0 Å². The Hall–Kier alpha value is -3.24. The second kappa shape index (κ2) is 10.9. The van der Waals surface area contributed by atoms with Gasteiger partial charge >= 0.3 is 0 Å². The summed E-state index contributed by atoms with van der Waals surface area (Å²) in [5, 5.41) is 14.6. The molecule has 1 aromatic heterocycles. The first-order valence-electron chi connectivity index (χ1n) is 11.6. The Labute approximate surface area is 190 Å². The lowest BCUT2D eigenvalue weighted by atomic mass is 9.99. The van der Waals surface area contributed by atoms with Gasteiger partial charge in [0.25, 0.3) is 0 Å². The summed E-state index contributed by atoms with van der Waals surface area (Å²) in [5.74, 6) is 1.10. The van der Waals surface area contributed by atoms with E-state index in [0.717, 1.165) is 36.9 Å². The Balaban J connectivity index is 1.64. The Bertz CT molecular complexity index is 1180. The van der Waals surface area contributed by atoms with Crippen molar-refractivity contribution in [2.45, 2.75) is 46.1 Å². The molecule has 4 rings (SSSR count). The molecule has 0 atom stereocenters. The van der Waals surface area contributed by atoms with Crippen LogP contribution < -0.4 is 5.32 Å². The lowest BCUT2D eigenvalue weighted by Gasteiger charge is -2.10. The maximum Gasteiger partial charge on any atom is 0.248 e. The Morgan fingerprint density at radius 3 is 2.44 bits per heavy atom. The Morgan fingerprint density at radius 2 is 1.66 bits per heavy atom. The van der Waals surface area contributed by atoms with E-state index in [0.29, 0.717) is 11.8 Å². The molecule has 0 fully saturated rings. The number of nitrogens with zero attached hydrogens (tertiary/aromatic N) is 2. The minimum atomic E-state index is 0.543. The normalized spacial score (nSPS) is 11.9. The van der Waals surface area contributed by atoms with Crippen LogP contribution in [0.5, 0.6) is 0 Å². The zero-order valence-corrected chi connectivity index (χ0v) is 19.0. The average Bonchev–Trinajstić information content (AvgIpc) is 3.30. The van der Waals surface area contributed by atoms with Crippen LogP contribution in [-0.4, -0.2) is 16.7 Å². The smallest absolute Gasteiger partial charge is 0.248 e. The molecule has 4 heteroatoms. The number of nitrogens with one attached hydrogen (secondary N) is 1. The number of hydrogen-bond acceptors (Lipinski definition) is 4. The van der Waals surface area contributed by atoms with E-state index >= 15 is 0 Å². The maximum atomic E-state index is 6.11. The summed E-state index contributed by atoms with van der Waals surface area (Å²) in [6.45, 7) is 6.29. The molecule has 4 nitrogen and oxygen atoms in total. The summed E-state index contributed by atoms with van der Waals surface area (Å²) in [7, 11) is 0. The number of allylic oxidation sites excluding steroid dienone is 1. The van der Waals surface area contributed by atoms with Crippen LogP contribution in [0.4, 0.5) is 0 Å². The third kappa shape index (κ3) is 5.14. The van der Waals surface area contributed by atoms with Gasteiger partial charge in [-0.2, -0.15) is 0 Å². The first-order valence-corrected chi connectivity index (χ1v) is 11.6. The molecule has 0 bridgehead atoms. The molecule has 0 aliphatic carbocycles. The van der Waals surface area contributed by atoms with Crippen LogP contribution in [0.2, 0.25) is 0 Å². The predicted molar refractivity (Wildman–Crippen MR) is 133 cm³/mol. The van der Waals surface area contributed by atoms with E-state index in [1.165, 1.54) is 34.9 Å². The van der Waals surface area contributed by atoms with Crippen LogP contribution in [0, 0.1) is 0 Å². The number of aromatic nitrogens is 2. The fourth-order valence-electron chi connectivity index (χ4n) is 4.00. The van der Waals surface area contributed by atoms with Crippen molar-refractivity contribution in [2.24, 2.45) is 0 Å². The third-order valence-corrected chi connectivity index (χ3v) is 5.67. The summed E-state index contributed by atoms with van der Waals surface area (Å²) in [6, 6.07) is 23.1. The van der Waals surface area contributed by atoms with Gasteiger partial charge in [-0.3, -0.25) is 0 Å². The predicted octanol–water partition coefficient (Wildman–Crippen LogP) is 7.12. The van der Waals surface area contributed by atoms with Gasteiger partial charge in [-0.05, 0) is 52.9 Å². The lowest BCUT2D eigenvalue weighted by Crippen LogP contribution is -2.14. The van der Waals surface area contributed by atoms with Crippen LogP contribution in [0.15, 0.2) is 71.1 Å². The van der Waals surface area contributed by atoms with E-state index in [1.54, 1.807) is 0 Å². The second-order valence-electron chi connectivity index (χ2n) is 8.08. The zero-order chi connectivity index (χ0) is 22.2. The number of unbranched alkanes of at least 4 members (excludes halogenated alkanes) is 1. The molecule has 4 aromatic rings. The first-order chi connectivity index (χ1) is 15.8. The summed E-state index contributed by atoms with van der Waals surface area (Å²) >= 11 is 0. The van der Waals surface area contributed by atoms with E-state index in [9.17, 15) is 0 Å². The van der Waals surface area contributed by atoms with Gasteiger partial charge in [0.2, 0.25) is 11.8 Å². The maximum absolute atomic E-state index is 6.11. The van der Waals surface area contributed by atoms with Gasteiger partial charge in [0.15, 0.2) is 0 Å². The van der Waals surface area contributed by atoms with Crippen molar-refractivity contribution in [3.05, 3.63) is 83.7 Å². The highest BCUT2D eigenvalue weighted by molar-refractivity contribution is 5.96. The highest BCUT2D eigenvalue weighted by Gasteiger charge is 2.13. The van der Waals surface area contributed by atoms with Gasteiger partial charge in [-0.15, -0.1) is 10.2 Å². The van der Waals surface area contributed by atoms with Gasteiger partial charge < -0.3 is 9.73 Å². The van der Waals surface area contributed by atoms with Crippen LogP contribution in [0.25, 0.3) is 33.9 Å². The minimum Gasteiger partial charge on any atom is -0.417 e. The summed E-state index contributed by atoms with van der Waals surface area (Å²) in [6.07, 6.45) is 6.43. The van der Waals surface area contributed by atoms with Crippen molar-refractivity contribution in [1.29, 1.82) is 0 Å². The summed E-state index contributed by atoms with van der Waals surface area (Å²) in [5.41, 5.74) is 4.66. The van der Waals surface area contributed by atoms with Crippen molar-refractivity contribution in [3.63, 3.8) is 0 Å². The molecule has 0 aliphatic rings. The highest BCUT2D eigenvalue weighted by atomic mass is 16.4. The molecule has 0 unspecified atom stereocenters. The fraction of sp³-hybridized carbons (Fsp3) is 0.286. The minimum absolute atomic E-state index is 0.543. The molecule has 3 aromatic carbocycles. The van der Waals surface area contributed by atoms with Gasteiger partial charge in [0.1, 0.15) is 0 Å². The van der Waals surface area contributed by atoms with Crippen molar-refractivity contribution >= 4 is 22.4 Å². The van der Waals surface area contributed by atoms with E-state index in [-0.39, 0.29) is 0 Å². The molecule has 0 spiro atoms. The molecule has 0 aliphatic heterocycles. The Morgan fingerprint density at radius 1 is 0.875 bits per heavy atom. The van der Waals surface area contributed by atoms with Crippen molar-refractivity contribution in [2.75, 3.05) is 6.54 Å². The third-order valence-electron chi connectivity index (χ3n) is 5.67. The second-order valence-corrected chi connectivity index (χ2v) is 8.08. The van der Waals surface area contributed by atoms with Crippen molar-refractivity contribution in [3.8, 4) is 11.5 Å². The first kappa shape index (κ1) is 22.0. The van der Waals surface area contributed by atoms with Gasteiger partial charge in [0, 0.05) is 18.2 Å². The van der Waals surface area contributed by atoms with Crippen molar-refractivity contribution in [1.82, 2.24) is 15.5 Å². The summed E-state index contributed by atoms with van der Waals surface area (Å²) < 4.78 is 6.11. The molecular formula is C28H31N3O. The Kier molecular flexibility index (Phi) is 7.47. The van der Waals surface area contributed by atoms with Crippen LogP contribution in [-0.2, 0) is 6.54 Å². The van der Waals surface area contributed by atoms with Gasteiger partial charge in [0.05, 0.1) is 0 Å². The topological polar surface area (TPSA) is 51.0 Å². The van der Waals surface area contributed by atoms with Gasteiger partial charge in [-0.25, -0.2) is 0 Å². The lowest BCUT2D eigenvalue weighted by molar-refractivity contribution is 0.558. The van der Waals surface area contributed by atoms with Crippen molar-refractivity contribution < 1.29 is 4.42 Å². The highest BCUT2D eigenvalue weighted by Crippen LogP contribution is 2.31.